The third-order valence-electron chi connectivity index (χ3n) is 5.63. The first-order chi connectivity index (χ1) is 17.1. The van der Waals surface area contributed by atoms with E-state index in [0.717, 1.165) is 22.4 Å². The number of benzene rings is 3. The van der Waals surface area contributed by atoms with Crippen molar-refractivity contribution in [1.29, 1.82) is 0 Å². The predicted octanol–water partition coefficient (Wildman–Crippen LogP) is 5.36. The molecule has 1 heterocycles. The zero-order valence-corrected chi connectivity index (χ0v) is 19.9. The van der Waals surface area contributed by atoms with Crippen molar-refractivity contribution in [2.24, 2.45) is 0 Å². The number of hydrogen-bond donors (Lipinski definition) is 1. The fraction of sp³-hybridized carbons (Fsp3) is 0.138. The molecule has 0 bridgehead atoms. The average Bonchev–Trinajstić information content (AvgIpc) is 2.90. The van der Waals surface area contributed by atoms with Crippen molar-refractivity contribution < 1.29 is 9.59 Å². The standard InChI is InChI=1S/C29H26ClN3O2/c30-25-16-14-23(15-17-25)21-33(27(34)19-22-9-3-1-4-10-22)28(24-11-5-2-6-12-24)29(35)32-20-26-13-7-8-18-31-26/h1-18,28H,19-21H2,(H,32,35)/t28-/m1/s1. The molecule has 2 amide bonds. The number of halogens is 1. The van der Waals surface area contributed by atoms with Crippen molar-refractivity contribution in [2.45, 2.75) is 25.6 Å². The maximum atomic E-state index is 13.7. The molecule has 5 nitrogen and oxygen atoms in total. The Kier molecular flexibility index (Phi) is 8.25. The van der Waals surface area contributed by atoms with Gasteiger partial charge in [0.15, 0.2) is 0 Å². The fourth-order valence-electron chi connectivity index (χ4n) is 3.87. The van der Waals surface area contributed by atoms with Gasteiger partial charge >= 0.3 is 0 Å². The van der Waals surface area contributed by atoms with Crippen LogP contribution in [0.3, 0.4) is 0 Å². The monoisotopic (exact) mass is 483 g/mol. The number of pyridine rings is 1. The van der Waals surface area contributed by atoms with Crippen LogP contribution in [-0.4, -0.2) is 21.7 Å². The second-order valence-corrected chi connectivity index (χ2v) is 8.60. The van der Waals surface area contributed by atoms with E-state index in [1.165, 1.54) is 0 Å². The number of rotatable bonds is 9. The molecule has 0 aliphatic heterocycles. The summed E-state index contributed by atoms with van der Waals surface area (Å²) in [7, 11) is 0. The van der Waals surface area contributed by atoms with Gasteiger partial charge in [-0.3, -0.25) is 14.6 Å². The number of nitrogens with one attached hydrogen (secondary N) is 1. The number of carbonyl (C=O) groups is 2. The number of aromatic nitrogens is 1. The van der Waals surface area contributed by atoms with Crippen LogP contribution in [0.4, 0.5) is 0 Å². The predicted molar refractivity (Wildman–Crippen MR) is 137 cm³/mol. The Morgan fingerprint density at radius 1 is 0.800 bits per heavy atom. The van der Waals surface area contributed by atoms with E-state index in [-0.39, 0.29) is 31.3 Å². The van der Waals surface area contributed by atoms with Crippen LogP contribution < -0.4 is 5.32 Å². The first-order valence-corrected chi connectivity index (χ1v) is 11.8. The summed E-state index contributed by atoms with van der Waals surface area (Å²) in [5, 5.41) is 3.59. The molecule has 0 unspecified atom stereocenters. The summed E-state index contributed by atoms with van der Waals surface area (Å²) < 4.78 is 0. The second kappa shape index (κ2) is 12.0. The topological polar surface area (TPSA) is 62.3 Å². The molecular weight excluding hydrogens is 458 g/mol. The Morgan fingerprint density at radius 3 is 2.11 bits per heavy atom. The Labute approximate surface area is 210 Å². The highest BCUT2D eigenvalue weighted by atomic mass is 35.5. The highest BCUT2D eigenvalue weighted by molar-refractivity contribution is 6.30. The van der Waals surface area contributed by atoms with Gasteiger partial charge in [0.05, 0.1) is 18.7 Å². The van der Waals surface area contributed by atoms with E-state index in [4.69, 9.17) is 11.6 Å². The quantitative estimate of drug-likeness (QED) is 0.348. The Balaban J connectivity index is 1.66. The van der Waals surface area contributed by atoms with Gasteiger partial charge in [0.1, 0.15) is 6.04 Å². The summed E-state index contributed by atoms with van der Waals surface area (Å²) >= 11 is 6.08. The zero-order chi connectivity index (χ0) is 24.5. The molecule has 1 N–H and O–H groups in total. The summed E-state index contributed by atoms with van der Waals surface area (Å²) in [6.45, 7) is 0.532. The molecule has 176 valence electrons. The van der Waals surface area contributed by atoms with Crippen LogP contribution in [0.5, 0.6) is 0 Å². The molecule has 0 fully saturated rings. The Bertz CT molecular complexity index is 1230. The van der Waals surface area contributed by atoms with E-state index in [9.17, 15) is 9.59 Å². The van der Waals surface area contributed by atoms with Crippen LogP contribution in [0.25, 0.3) is 0 Å². The van der Waals surface area contributed by atoms with Crippen LogP contribution in [0, 0.1) is 0 Å². The molecule has 0 aliphatic rings. The molecular formula is C29H26ClN3O2. The van der Waals surface area contributed by atoms with Gasteiger partial charge in [-0.05, 0) is 41.0 Å². The molecule has 4 rings (SSSR count). The van der Waals surface area contributed by atoms with Crippen molar-refractivity contribution in [3.05, 3.63) is 137 Å². The molecule has 4 aromatic rings. The molecule has 35 heavy (non-hydrogen) atoms. The number of carbonyl (C=O) groups excluding carboxylic acids is 2. The molecule has 0 aliphatic carbocycles. The number of amides is 2. The number of hydrogen-bond acceptors (Lipinski definition) is 3. The SMILES string of the molecule is O=C(NCc1ccccn1)[C@@H](c1ccccc1)N(Cc1ccc(Cl)cc1)C(=O)Cc1ccccc1. The van der Waals surface area contributed by atoms with Crippen LogP contribution >= 0.6 is 11.6 Å². The molecule has 6 heteroatoms. The first kappa shape index (κ1) is 24.2. The maximum Gasteiger partial charge on any atom is 0.247 e. The summed E-state index contributed by atoms with van der Waals surface area (Å²) in [5.41, 5.74) is 3.25. The smallest absolute Gasteiger partial charge is 0.247 e. The van der Waals surface area contributed by atoms with Crippen LogP contribution in [0.2, 0.25) is 5.02 Å². The molecule has 0 saturated heterocycles. The summed E-state index contributed by atoms with van der Waals surface area (Å²) in [5.74, 6) is -0.412. The van der Waals surface area contributed by atoms with Gasteiger partial charge in [0.2, 0.25) is 11.8 Å². The van der Waals surface area contributed by atoms with Crippen molar-refractivity contribution in [3.8, 4) is 0 Å². The van der Waals surface area contributed by atoms with E-state index in [1.807, 2.05) is 91.0 Å². The molecule has 3 aromatic carbocycles. The van der Waals surface area contributed by atoms with Gasteiger partial charge in [-0.2, -0.15) is 0 Å². The van der Waals surface area contributed by atoms with Crippen LogP contribution in [0.15, 0.2) is 109 Å². The van der Waals surface area contributed by atoms with E-state index in [0.29, 0.717) is 5.02 Å². The summed E-state index contributed by atoms with van der Waals surface area (Å²) in [4.78, 5) is 33.2. The minimum atomic E-state index is -0.813. The van der Waals surface area contributed by atoms with E-state index >= 15 is 0 Å². The van der Waals surface area contributed by atoms with E-state index in [1.54, 1.807) is 23.2 Å². The van der Waals surface area contributed by atoms with Crippen molar-refractivity contribution in [2.75, 3.05) is 0 Å². The normalized spacial score (nSPS) is 11.5. The van der Waals surface area contributed by atoms with Crippen LogP contribution in [-0.2, 0) is 29.1 Å². The van der Waals surface area contributed by atoms with E-state index in [2.05, 4.69) is 10.3 Å². The van der Waals surface area contributed by atoms with Gasteiger partial charge in [0, 0.05) is 17.8 Å². The lowest BCUT2D eigenvalue weighted by atomic mass is 10.0. The molecule has 0 spiro atoms. The average molecular weight is 484 g/mol. The second-order valence-electron chi connectivity index (χ2n) is 8.16. The molecule has 1 aromatic heterocycles. The van der Waals surface area contributed by atoms with E-state index < -0.39 is 6.04 Å². The molecule has 1 atom stereocenters. The van der Waals surface area contributed by atoms with Crippen molar-refractivity contribution in [3.63, 3.8) is 0 Å². The highest BCUT2D eigenvalue weighted by Crippen LogP contribution is 2.25. The lowest BCUT2D eigenvalue weighted by Gasteiger charge is -2.32. The summed E-state index contributed by atoms with van der Waals surface area (Å²) in [6, 6.07) is 31.0. The molecule has 0 radical (unpaired) electrons. The fourth-order valence-corrected chi connectivity index (χ4v) is 3.99. The largest absolute Gasteiger partial charge is 0.348 e. The van der Waals surface area contributed by atoms with Crippen molar-refractivity contribution >= 4 is 23.4 Å². The highest BCUT2D eigenvalue weighted by Gasteiger charge is 2.31. The van der Waals surface area contributed by atoms with Gasteiger partial charge in [-0.1, -0.05) is 90.5 Å². The summed E-state index contributed by atoms with van der Waals surface area (Å²) in [6.07, 6.45) is 1.87. The lowest BCUT2D eigenvalue weighted by Crippen LogP contribution is -2.44. The minimum Gasteiger partial charge on any atom is -0.348 e. The van der Waals surface area contributed by atoms with Crippen LogP contribution in [0.1, 0.15) is 28.4 Å². The third-order valence-corrected chi connectivity index (χ3v) is 5.88. The Hall–Kier alpha value is -3.96. The van der Waals surface area contributed by atoms with Gasteiger partial charge in [-0.15, -0.1) is 0 Å². The van der Waals surface area contributed by atoms with Gasteiger partial charge < -0.3 is 10.2 Å². The Morgan fingerprint density at radius 2 is 1.46 bits per heavy atom. The van der Waals surface area contributed by atoms with Gasteiger partial charge in [0.25, 0.3) is 0 Å². The lowest BCUT2D eigenvalue weighted by molar-refractivity contribution is -0.141. The van der Waals surface area contributed by atoms with Crippen molar-refractivity contribution in [1.82, 2.24) is 15.2 Å². The van der Waals surface area contributed by atoms with Gasteiger partial charge in [-0.25, -0.2) is 0 Å². The zero-order valence-electron chi connectivity index (χ0n) is 19.2. The molecule has 0 saturated carbocycles. The third kappa shape index (κ3) is 6.78. The minimum absolute atomic E-state index is 0.145. The first-order valence-electron chi connectivity index (χ1n) is 11.4. The number of nitrogens with zero attached hydrogens (tertiary/aromatic N) is 2. The maximum absolute atomic E-state index is 13.7.